The third kappa shape index (κ3) is 5.74. The maximum absolute atomic E-state index is 12.4. The van der Waals surface area contributed by atoms with E-state index in [1.807, 2.05) is 39.0 Å². The highest BCUT2D eigenvalue weighted by molar-refractivity contribution is 7.99. The number of nitrogens with one attached hydrogen (secondary N) is 1. The van der Waals surface area contributed by atoms with Gasteiger partial charge in [0.05, 0.1) is 5.88 Å². The van der Waals surface area contributed by atoms with E-state index in [9.17, 15) is 9.59 Å². The van der Waals surface area contributed by atoms with Gasteiger partial charge < -0.3 is 10.1 Å². The molecule has 1 atom stereocenters. The highest BCUT2D eigenvalue weighted by atomic mass is 32.2. The molecule has 6 heteroatoms. The van der Waals surface area contributed by atoms with Gasteiger partial charge in [0, 0.05) is 12.3 Å². The zero-order valence-corrected chi connectivity index (χ0v) is 15.4. The van der Waals surface area contributed by atoms with Crippen LogP contribution in [0.3, 0.4) is 0 Å². The van der Waals surface area contributed by atoms with Crippen molar-refractivity contribution >= 4 is 23.8 Å². The summed E-state index contributed by atoms with van der Waals surface area (Å²) in [6.07, 6.45) is 1.38. The number of benzene rings is 1. The molecule has 1 saturated heterocycles. The topological polar surface area (TPSA) is 58.6 Å². The Morgan fingerprint density at radius 1 is 1.29 bits per heavy atom. The first kappa shape index (κ1) is 18.6. The minimum atomic E-state index is -0.555. The first-order valence-electron chi connectivity index (χ1n) is 8.26. The van der Waals surface area contributed by atoms with Crippen LogP contribution in [0.5, 0.6) is 0 Å². The van der Waals surface area contributed by atoms with E-state index in [4.69, 9.17) is 4.74 Å². The Bertz CT molecular complexity index is 557. The number of rotatable bonds is 5. The van der Waals surface area contributed by atoms with Gasteiger partial charge in [0.15, 0.2) is 0 Å². The van der Waals surface area contributed by atoms with Crippen LogP contribution in [0.2, 0.25) is 0 Å². The summed E-state index contributed by atoms with van der Waals surface area (Å²) in [4.78, 5) is 26.1. The van der Waals surface area contributed by atoms with Crippen LogP contribution in [0.1, 0.15) is 32.8 Å². The average Bonchev–Trinajstić information content (AvgIpc) is 3.00. The second-order valence-electron chi connectivity index (χ2n) is 6.85. The van der Waals surface area contributed by atoms with Gasteiger partial charge in [-0.15, -0.1) is 11.8 Å². The summed E-state index contributed by atoms with van der Waals surface area (Å²) in [5.41, 5.74) is 0.708. The summed E-state index contributed by atoms with van der Waals surface area (Å²) in [5, 5.41) is 2.94. The van der Waals surface area contributed by atoms with Crippen LogP contribution < -0.4 is 5.32 Å². The van der Waals surface area contributed by atoms with Crippen molar-refractivity contribution in [2.24, 2.45) is 0 Å². The Balaban J connectivity index is 1.77. The Hall–Kier alpha value is -1.69. The lowest BCUT2D eigenvalue weighted by Gasteiger charge is -2.27. The van der Waals surface area contributed by atoms with Crippen molar-refractivity contribution in [3.63, 3.8) is 0 Å². The van der Waals surface area contributed by atoms with Crippen molar-refractivity contribution in [3.8, 4) is 0 Å². The Labute approximate surface area is 148 Å². The second kappa shape index (κ2) is 8.42. The highest BCUT2D eigenvalue weighted by Gasteiger charge is 2.36. The number of thioether (sulfide) groups is 1. The van der Waals surface area contributed by atoms with E-state index < -0.39 is 17.7 Å². The molecular weight excluding hydrogens is 324 g/mol. The van der Waals surface area contributed by atoms with E-state index in [0.717, 1.165) is 12.8 Å². The predicted molar refractivity (Wildman–Crippen MR) is 97.0 cm³/mol. The minimum Gasteiger partial charge on any atom is -0.444 e. The monoisotopic (exact) mass is 350 g/mol. The van der Waals surface area contributed by atoms with Crippen LogP contribution in [-0.4, -0.2) is 46.7 Å². The second-order valence-corrected chi connectivity index (χ2v) is 7.85. The Morgan fingerprint density at radius 3 is 2.67 bits per heavy atom. The molecule has 1 aromatic carbocycles. The van der Waals surface area contributed by atoms with Gasteiger partial charge in [-0.1, -0.05) is 30.3 Å². The van der Waals surface area contributed by atoms with Crippen LogP contribution >= 0.6 is 11.8 Å². The third-order valence-electron chi connectivity index (χ3n) is 3.60. The van der Waals surface area contributed by atoms with Crippen molar-refractivity contribution in [3.05, 3.63) is 35.9 Å². The molecule has 1 aliphatic rings. The lowest BCUT2D eigenvalue weighted by atomic mass is 10.1. The molecule has 0 aromatic heterocycles. The van der Waals surface area contributed by atoms with E-state index in [1.54, 1.807) is 11.8 Å². The maximum atomic E-state index is 12.4. The van der Waals surface area contributed by atoms with Gasteiger partial charge in [-0.05, 0) is 39.2 Å². The number of hydrogen-bond donors (Lipinski definition) is 1. The molecule has 24 heavy (non-hydrogen) atoms. The van der Waals surface area contributed by atoms with E-state index in [-0.39, 0.29) is 5.91 Å². The molecule has 0 spiro atoms. The SMILES string of the molecule is CC(C)(C)OC(=O)N1CSC[C@H]1C(=O)NCCCc1ccccc1. The fourth-order valence-corrected chi connectivity index (χ4v) is 3.57. The number of carbonyl (C=O) groups excluding carboxylic acids is 2. The number of ether oxygens (including phenoxy) is 1. The molecule has 132 valence electrons. The van der Waals surface area contributed by atoms with Crippen LogP contribution in [0, 0.1) is 0 Å². The predicted octanol–water partition coefficient (Wildman–Crippen LogP) is 3.05. The standard InChI is InChI=1S/C18H26N2O3S/c1-18(2,3)23-17(22)20-13-24-12-15(20)16(21)19-11-7-10-14-8-5-4-6-9-14/h4-6,8-9,15H,7,10-13H2,1-3H3,(H,19,21)/t15-/m0/s1. The van der Waals surface area contributed by atoms with Crippen molar-refractivity contribution in [2.45, 2.75) is 45.3 Å². The molecule has 1 fully saturated rings. The smallest absolute Gasteiger partial charge is 0.411 e. The number of aryl methyl sites for hydroxylation is 1. The number of amides is 2. The summed E-state index contributed by atoms with van der Waals surface area (Å²) >= 11 is 1.57. The molecule has 1 N–H and O–H groups in total. The third-order valence-corrected chi connectivity index (χ3v) is 4.61. The Morgan fingerprint density at radius 2 is 2.00 bits per heavy atom. The molecular formula is C18H26N2O3S. The minimum absolute atomic E-state index is 0.0982. The molecule has 0 bridgehead atoms. The van der Waals surface area contributed by atoms with Crippen molar-refractivity contribution in [1.29, 1.82) is 0 Å². The van der Waals surface area contributed by atoms with Crippen LogP contribution in [0.4, 0.5) is 4.79 Å². The van der Waals surface area contributed by atoms with Gasteiger partial charge >= 0.3 is 6.09 Å². The number of nitrogens with zero attached hydrogens (tertiary/aromatic N) is 1. The van der Waals surface area contributed by atoms with Gasteiger partial charge in [-0.2, -0.15) is 0 Å². The molecule has 1 aliphatic heterocycles. The van der Waals surface area contributed by atoms with Crippen molar-refractivity contribution < 1.29 is 14.3 Å². The van der Waals surface area contributed by atoms with Crippen molar-refractivity contribution in [1.82, 2.24) is 10.2 Å². The molecule has 0 radical (unpaired) electrons. The van der Waals surface area contributed by atoms with Gasteiger partial charge in [0.25, 0.3) is 0 Å². The fraction of sp³-hybridized carbons (Fsp3) is 0.556. The van der Waals surface area contributed by atoms with Crippen LogP contribution in [0.25, 0.3) is 0 Å². The van der Waals surface area contributed by atoms with Crippen LogP contribution in [0.15, 0.2) is 30.3 Å². The largest absolute Gasteiger partial charge is 0.444 e. The molecule has 1 heterocycles. The zero-order chi connectivity index (χ0) is 17.6. The van der Waals surface area contributed by atoms with Gasteiger partial charge in [0.2, 0.25) is 5.91 Å². The van der Waals surface area contributed by atoms with Gasteiger partial charge in [-0.25, -0.2) is 4.79 Å². The zero-order valence-electron chi connectivity index (χ0n) is 14.6. The molecule has 0 unspecified atom stereocenters. The molecule has 1 aromatic rings. The summed E-state index contributed by atoms with van der Waals surface area (Å²) < 4.78 is 5.38. The Kier molecular flexibility index (Phi) is 6.54. The van der Waals surface area contributed by atoms with E-state index in [0.29, 0.717) is 18.2 Å². The van der Waals surface area contributed by atoms with Crippen LogP contribution in [-0.2, 0) is 16.0 Å². The fourth-order valence-electron chi connectivity index (χ4n) is 2.43. The molecule has 5 nitrogen and oxygen atoms in total. The van der Waals surface area contributed by atoms with Crippen molar-refractivity contribution in [2.75, 3.05) is 18.2 Å². The van der Waals surface area contributed by atoms with E-state index in [1.165, 1.54) is 10.5 Å². The molecule has 0 aliphatic carbocycles. The van der Waals surface area contributed by atoms with Gasteiger partial charge in [-0.3, -0.25) is 9.69 Å². The first-order chi connectivity index (χ1) is 11.4. The maximum Gasteiger partial charge on any atom is 0.411 e. The lowest BCUT2D eigenvalue weighted by Crippen LogP contribution is -2.48. The lowest BCUT2D eigenvalue weighted by molar-refractivity contribution is -0.125. The highest BCUT2D eigenvalue weighted by Crippen LogP contribution is 2.23. The van der Waals surface area contributed by atoms with E-state index in [2.05, 4.69) is 17.4 Å². The summed E-state index contributed by atoms with van der Waals surface area (Å²) in [6, 6.07) is 9.75. The first-order valence-corrected chi connectivity index (χ1v) is 9.41. The number of hydrogen-bond acceptors (Lipinski definition) is 4. The summed E-state index contributed by atoms with van der Waals surface area (Å²) in [6.45, 7) is 6.09. The van der Waals surface area contributed by atoms with E-state index >= 15 is 0 Å². The molecule has 2 rings (SSSR count). The average molecular weight is 350 g/mol. The van der Waals surface area contributed by atoms with Gasteiger partial charge in [0.1, 0.15) is 11.6 Å². The molecule has 0 saturated carbocycles. The quantitative estimate of drug-likeness (QED) is 0.829. The number of carbonyl (C=O) groups is 2. The molecule has 2 amide bonds. The summed E-state index contributed by atoms with van der Waals surface area (Å²) in [7, 11) is 0. The normalized spacial score (nSPS) is 17.6. The summed E-state index contributed by atoms with van der Waals surface area (Å²) in [5.74, 6) is 1.01.